The number of para-hydroxylation sites is 1. The largest absolute Gasteiger partial charge is 0.490 e. The van der Waals surface area contributed by atoms with Crippen molar-refractivity contribution in [3.05, 3.63) is 75.8 Å². The summed E-state index contributed by atoms with van der Waals surface area (Å²) in [6, 6.07) is 11.9. The number of carbonyl (C=O) groups excluding carboxylic acids is 3. The maximum absolute atomic E-state index is 14.0. The van der Waals surface area contributed by atoms with Crippen LogP contribution < -0.4 is 14.8 Å². The number of aryl methyl sites for hydroxylation is 1. The van der Waals surface area contributed by atoms with Gasteiger partial charge >= 0.3 is 0 Å². The molecule has 3 amide bonds. The Morgan fingerprint density at radius 1 is 1.22 bits per heavy atom. The molecule has 0 unspecified atom stereocenters. The van der Waals surface area contributed by atoms with Crippen LogP contribution in [0.5, 0.6) is 17.4 Å². The molecule has 1 saturated heterocycles. The van der Waals surface area contributed by atoms with Gasteiger partial charge in [-0.15, -0.1) is 0 Å². The van der Waals surface area contributed by atoms with Crippen LogP contribution in [0.1, 0.15) is 18.1 Å². The Balaban J connectivity index is 1.51. The second-order valence-corrected chi connectivity index (χ2v) is 9.00. The minimum atomic E-state index is -0.809. The molecule has 0 atom stereocenters. The van der Waals surface area contributed by atoms with E-state index >= 15 is 0 Å². The molecule has 3 aromatic rings. The summed E-state index contributed by atoms with van der Waals surface area (Å²) in [7, 11) is 0. The summed E-state index contributed by atoms with van der Waals surface area (Å²) in [5.41, 5.74) is 1.98. The van der Waals surface area contributed by atoms with Crippen LogP contribution in [-0.2, 0) is 9.59 Å². The first-order valence-electron chi connectivity index (χ1n) is 11.0. The van der Waals surface area contributed by atoms with Gasteiger partial charge in [-0.25, -0.2) is 4.98 Å². The second kappa shape index (κ2) is 11.4. The molecule has 1 aliphatic rings. The molecule has 9 nitrogen and oxygen atoms in total. The van der Waals surface area contributed by atoms with Gasteiger partial charge in [-0.1, -0.05) is 24.3 Å². The number of benzene rings is 2. The first-order valence-corrected chi connectivity index (χ1v) is 12.2. The molecule has 1 fully saturated rings. The average Bonchev–Trinajstić information content (AvgIpc) is 3.11. The molecule has 0 spiro atoms. The fourth-order valence-electron chi connectivity index (χ4n) is 3.31. The first kappa shape index (κ1) is 26.1. The van der Waals surface area contributed by atoms with Crippen molar-refractivity contribution in [2.75, 3.05) is 18.5 Å². The minimum Gasteiger partial charge on any atom is -0.490 e. The zero-order valence-electron chi connectivity index (χ0n) is 19.7. The van der Waals surface area contributed by atoms with Gasteiger partial charge in [0.05, 0.1) is 17.7 Å². The number of anilines is 1. The molecule has 1 N–H and O–H groups in total. The predicted octanol–water partition coefficient (Wildman–Crippen LogP) is 5.44. The summed E-state index contributed by atoms with van der Waals surface area (Å²) in [5.74, 6) is -1.85. The lowest BCUT2D eigenvalue weighted by atomic mass is 10.2. The highest BCUT2D eigenvalue weighted by Gasteiger charge is 2.36. The van der Waals surface area contributed by atoms with Crippen LogP contribution in [-0.4, -0.2) is 45.1 Å². The molecular formula is C25H20ClFN4O5S. The van der Waals surface area contributed by atoms with E-state index in [-0.39, 0.29) is 34.2 Å². The summed E-state index contributed by atoms with van der Waals surface area (Å²) in [5, 5.41) is 1.97. The number of ether oxygens (including phenoxy) is 2. The van der Waals surface area contributed by atoms with Crippen LogP contribution in [0.15, 0.2) is 53.6 Å². The van der Waals surface area contributed by atoms with Crippen LogP contribution in [0.25, 0.3) is 6.08 Å². The summed E-state index contributed by atoms with van der Waals surface area (Å²) >= 11 is 6.44. The highest BCUT2D eigenvalue weighted by Crippen LogP contribution is 2.36. The standard InChI is InChI=1S/C25H20ClFN4O5S/c1-3-35-19-10-15(8-9-18(19)36-22-16(27)12-28-24(26)30-22)11-20-23(33)31(25(34)37-20)13-21(32)29-17-7-5-4-6-14(17)2/h4-12H,3,13H2,1-2H3,(H,29,32). The predicted molar refractivity (Wildman–Crippen MR) is 137 cm³/mol. The minimum absolute atomic E-state index is 0.137. The van der Waals surface area contributed by atoms with Crippen LogP contribution in [0.3, 0.4) is 0 Å². The van der Waals surface area contributed by atoms with E-state index in [0.717, 1.165) is 28.4 Å². The topological polar surface area (TPSA) is 111 Å². The van der Waals surface area contributed by atoms with Crippen LogP contribution in [0.2, 0.25) is 5.28 Å². The van der Waals surface area contributed by atoms with Crippen LogP contribution >= 0.6 is 23.4 Å². The molecular weight excluding hydrogens is 523 g/mol. The monoisotopic (exact) mass is 542 g/mol. The molecule has 2 aromatic carbocycles. The van der Waals surface area contributed by atoms with E-state index in [0.29, 0.717) is 11.3 Å². The van der Waals surface area contributed by atoms with E-state index < -0.39 is 29.4 Å². The Labute approximate surface area is 220 Å². The summed E-state index contributed by atoms with van der Waals surface area (Å²) in [4.78, 5) is 46.1. The Kier molecular flexibility index (Phi) is 8.04. The van der Waals surface area contributed by atoms with Gasteiger partial charge in [-0.05, 0) is 72.6 Å². The molecule has 1 aliphatic heterocycles. The number of carbonyl (C=O) groups is 3. The molecule has 2 heterocycles. The smallest absolute Gasteiger partial charge is 0.294 e. The number of hydrogen-bond acceptors (Lipinski definition) is 8. The molecule has 0 bridgehead atoms. The molecule has 0 saturated carbocycles. The van der Waals surface area contributed by atoms with Crippen molar-refractivity contribution in [2.24, 2.45) is 0 Å². The number of thioether (sulfide) groups is 1. The highest BCUT2D eigenvalue weighted by atomic mass is 35.5. The lowest BCUT2D eigenvalue weighted by Crippen LogP contribution is -2.36. The maximum Gasteiger partial charge on any atom is 0.294 e. The van der Waals surface area contributed by atoms with Gasteiger partial charge in [0.2, 0.25) is 17.0 Å². The van der Waals surface area contributed by atoms with Crippen molar-refractivity contribution in [1.29, 1.82) is 0 Å². The van der Waals surface area contributed by atoms with Crippen molar-refractivity contribution in [1.82, 2.24) is 14.9 Å². The fourth-order valence-corrected chi connectivity index (χ4v) is 4.27. The molecule has 1 aromatic heterocycles. The van der Waals surface area contributed by atoms with Crippen molar-refractivity contribution < 1.29 is 28.2 Å². The Bertz CT molecular complexity index is 1420. The van der Waals surface area contributed by atoms with Gasteiger partial charge in [-0.2, -0.15) is 9.37 Å². The van der Waals surface area contributed by atoms with Gasteiger partial charge in [0.1, 0.15) is 6.54 Å². The molecule has 12 heteroatoms. The van der Waals surface area contributed by atoms with Gasteiger partial charge in [-0.3, -0.25) is 19.3 Å². The number of halogens is 2. The highest BCUT2D eigenvalue weighted by molar-refractivity contribution is 8.18. The Morgan fingerprint density at radius 3 is 2.76 bits per heavy atom. The molecule has 37 heavy (non-hydrogen) atoms. The quantitative estimate of drug-likeness (QED) is 0.296. The maximum atomic E-state index is 14.0. The lowest BCUT2D eigenvalue weighted by Gasteiger charge is -2.13. The van der Waals surface area contributed by atoms with Gasteiger partial charge < -0.3 is 14.8 Å². The zero-order valence-corrected chi connectivity index (χ0v) is 21.2. The summed E-state index contributed by atoms with van der Waals surface area (Å²) in [6.07, 6.45) is 2.38. The number of nitrogens with one attached hydrogen (secondary N) is 1. The van der Waals surface area contributed by atoms with Crippen LogP contribution in [0, 0.1) is 12.7 Å². The SMILES string of the molecule is CCOc1cc(C=C2SC(=O)N(CC(=O)Nc3ccccc3C)C2=O)ccc1Oc1nc(Cl)ncc1F. The van der Waals surface area contributed by atoms with Gasteiger partial charge in [0.15, 0.2) is 11.5 Å². The van der Waals surface area contributed by atoms with Crippen molar-refractivity contribution in [3.8, 4) is 17.4 Å². The zero-order chi connectivity index (χ0) is 26.5. The molecule has 190 valence electrons. The number of hydrogen-bond donors (Lipinski definition) is 1. The number of imide groups is 1. The molecule has 0 aliphatic carbocycles. The van der Waals surface area contributed by atoms with Crippen LogP contribution in [0.4, 0.5) is 14.9 Å². The average molecular weight is 543 g/mol. The Morgan fingerprint density at radius 2 is 2.00 bits per heavy atom. The lowest BCUT2D eigenvalue weighted by molar-refractivity contribution is -0.127. The number of nitrogens with zero attached hydrogens (tertiary/aromatic N) is 3. The van der Waals surface area contributed by atoms with Crippen molar-refractivity contribution >= 4 is 52.2 Å². The van der Waals surface area contributed by atoms with Crippen molar-refractivity contribution in [3.63, 3.8) is 0 Å². The summed E-state index contributed by atoms with van der Waals surface area (Å²) in [6.45, 7) is 3.45. The molecule has 0 radical (unpaired) electrons. The third-order valence-corrected chi connectivity index (χ3v) is 6.14. The van der Waals surface area contributed by atoms with E-state index in [1.165, 1.54) is 12.1 Å². The van der Waals surface area contributed by atoms with E-state index in [9.17, 15) is 18.8 Å². The number of aromatic nitrogens is 2. The fraction of sp³-hybridized carbons (Fsp3) is 0.160. The van der Waals surface area contributed by atoms with E-state index in [4.69, 9.17) is 21.1 Å². The second-order valence-electron chi connectivity index (χ2n) is 7.66. The molecule has 4 rings (SSSR count). The van der Waals surface area contributed by atoms with Gasteiger partial charge in [0, 0.05) is 5.69 Å². The number of amides is 3. The van der Waals surface area contributed by atoms with Crippen molar-refractivity contribution in [2.45, 2.75) is 13.8 Å². The van der Waals surface area contributed by atoms with E-state index in [1.807, 2.05) is 19.1 Å². The third-order valence-electron chi connectivity index (χ3n) is 5.05. The van der Waals surface area contributed by atoms with E-state index in [1.54, 1.807) is 31.2 Å². The summed E-state index contributed by atoms with van der Waals surface area (Å²) < 4.78 is 25.1. The number of rotatable bonds is 8. The third kappa shape index (κ3) is 6.25. The Hall–Kier alpha value is -3.96. The first-order chi connectivity index (χ1) is 17.7. The van der Waals surface area contributed by atoms with E-state index in [2.05, 4.69) is 15.3 Å². The van der Waals surface area contributed by atoms with Gasteiger partial charge in [0.25, 0.3) is 17.0 Å². The normalized spacial score (nSPS) is 14.3.